The van der Waals surface area contributed by atoms with Gasteiger partial charge in [-0.1, -0.05) is 18.9 Å². The highest BCUT2D eigenvalue weighted by Crippen LogP contribution is 2.38. The molecule has 0 radical (unpaired) electrons. The van der Waals surface area contributed by atoms with Gasteiger partial charge < -0.3 is 10.0 Å². The normalized spacial score (nSPS) is 20.9. The van der Waals surface area contributed by atoms with E-state index in [1.54, 1.807) is 12.1 Å². The van der Waals surface area contributed by atoms with Crippen molar-refractivity contribution in [3.05, 3.63) is 34.9 Å². The smallest absolute Gasteiger partial charge is 0.335 e. The average molecular weight is 301 g/mol. The molecule has 0 heterocycles. The van der Waals surface area contributed by atoms with Gasteiger partial charge in [-0.15, -0.1) is 0 Å². The summed E-state index contributed by atoms with van der Waals surface area (Å²) in [5.41, 5.74) is 2.54. The summed E-state index contributed by atoms with van der Waals surface area (Å²) in [6, 6.07) is 5.39. The Hall–Kier alpha value is -1.84. The average Bonchev–Trinajstić information content (AvgIpc) is 3.17. The van der Waals surface area contributed by atoms with Gasteiger partial charge in [0.15, 0.2) is 0 Å². The van der Waals surface area contributed by atoms with E-state index < -0.39 is 5.97 Å². The van der Waals surface area contributed by atoms with Crippen LogP contribution in [0.15, 0.2) is 18.2 Å². The van der Waals surface area contributed by atoms with Gasteiger partial charge in [0.25, 0.3) is 0 Å². The zero-order chi connectivity index (χ0) is 15.7. The maximum absolute atomic E-state index is 12.8. The third-order valence-corrected chi connectivity index (χ3v) is 5.14. The molecule has 0 saturated heterocycles. The maximum atomic E-state index is 12.8. The maximum Gasteiger partial charge on any atom is 0.335 e. The van der Waals surface area contributed by atoms with Crippen molar-refractivity contribution >= 4 is 11.9 Å². The number of carbonyl (C=O) groups is 2. The molecular formula is C18H23NO3. The first-order valence-corrected chi connectivity index (χ1v) is 8.28. The van der Waals surface area contributed by atoms with Gasteiger partial charge in [-0.25, -0.2) is 4.79 Å². The number of carboxylic acids is 1. The number of nitrogens with zero attached hydrogens (tertiary/aromatic N) is 1. The number of hydrogen-bond donors (Lipinski definition) is 1. The van der Waals surface area contributed by atoms with Crippen molar-refractivity contribution in [3.63, 3.8) is 0 Å². The Morgan fingerprint density at radius 2 is 1.95 bits per heavy atom. The summed E-state index contributed by atoms with van der Waals surface area (Å²) in [5.74, 6) is -0.469. The molecule has 118 valence electrons. The lowest BCUT2D eigenvalue weighted by Gasteiger charge is -2.31. The van der Waals surface area contributed by atoms with E-state index in [1.807, 2.05) is 17.9 Å². The zero-order valence-electron chi connectivity index (χ0n) is 13.0. The van der Waals surface area contributed by atoms with Gasteiger partial charge >= 0.3 is 5.97 Å². The fourth-order valence-corrected chi connectivity index (χ4v) is 3.97. The standard InChI is InChI=1S/C18H23NO3/c1-2-19(17(20)13-5-3-4-6-13)16-10-9-12-7-8-14(18(21)22)11-15(12)16/h7-8,11,13,16H,2-6,9-10H2,1H3,(H,21,22). The lowest BCUT2D eigenvalue weighted by atomic mass is 10.0. The first kappa shape index (κ1) is 15.1. The Morgan fingerprint density at radius 1 is 1.23 bits per heavy atom. The predicted octanol–water partition coefficient (Wildman–Crippen LogP) is 3.41. The van der Waals surface area contributed by atoms with E-state index in [-0.39, 0.29) is 17.9 Å². The molecule has 1 atom stereocenters. The topological polar surface area (TPSA) is 57.6 Å². The molecule has 1 amide bonds. The van der Waals surface area contributed by atoms with Crippen molar-refractivity contribution in [2.24, 2.45) is 5.92 Å². The van der Waals surface area contributed by atoms with Crippen molar-refractivity contribution in [3.8, 4) is 0 Å². The van der Waals surface area contributed by atoms with Gasteiger partial charge in [0.1, 0.15) is 0 Å². The number of hydrogen-bond acceptors (Lipinski definition) is 2. The van der Waals surface area contributed by atoms with E-state index >= 15 is 0 Å². The summed E-state index contributed by atoms with van der Waals surface area (Å²) in [6.07, 6.45) is 6.14. The van der Waals surface area contributed by atoms with E-state index in [1.165, 1.54) is 5.56 Å². The lowest BCUT2D eigenvalue weighted by Crippen LogP contribution is -2.37. The number of benzene rings is 1. The number of rotatable bonds is 4. The molecule has 4 heteroatoms. The second-order valence-corrected chi connectivity index (χ2v) is 6.38. The molecule has 0 bridgehead atoms. The number of aryl methyl sites for hydroxylation is 1. The van der Waals surface area contributed by atoms with Crippen LogP contribution < -0.4 is 0 Å². The molecule has 1 fully saturated rings. The first-order valence-electron chi connectivity index (χ1n) is 8.28. The Kier molecular flexibility index (Phi) is 4.19. The van der Waals surface area contributed by atoms with Crippen LogP contribution in [-0.4, -0.2) is 28.4 Å². The highest BCUT2D eigenvalue weighted by atomic mass is 16.4. The van der Waals surface area contributed by atoms with E-state index in [4.69, 9.17) is 0 Å². The summed E-state index contributed by atoms with van der Waals surface area (Å²) in [6.45, 7) is 2.71. The zero-order valence-corrected chi connectivity index (χ0v) is 13.0. The number of aromatic carboxylic acids is 1. The Labute approximate surface area is 131 Å². The van der Waals surface area contributed by atoms with Crippen molar-refractivity contribution < 1.29 is 14.7 Å². The van der Waals surface area contributed by atoms with E-state index in [0.29, 0.717) is 12.1 Å². The summed E-state index contributed by atoms with van der Waals surface area (Å²) >= 11 is 0. The number of fused-ring (bicyclic) bond motifs is 1. The van der Waals surface area contributed by atoms with Crippen LogP contribution in [0.3, 0.4) is 0 Å². The van der Waals surface area contributed by atoms with E-state index in [9.17, 15) is 14.7 Å². The molecule has 0 spiro atoms. The summed E-state index contributed by atoms with van der Waals surface area (Å²) < 4.78 is 0. The molecule has 0 aliphatic heterocycles. The van der Waals surface area contributed by atoms with Gasteiger partial charge in [-0.05, 0) is 55.9 Å². The number of amides is 1. The van der Waals surface area contributed by atoms with E-state index in [2.05, 4.69) is 0 Å². The predicted molar refractivity (Wildman–Crippen MR) is 83.8 cm³/mol. The molecule has 1 aromatic rings. The molecular weight excluding hydrogens is 278 g/mol. The molecule has 1 aromatic carbocycles. The van der Waals surface area contributed by atoms with Crippen molar-refractivity contribution in [1.82, 2.24) is 4.90 Å². The Balaban J connectivity index is 1.87. The van der Waals surface area contributed by atoms with Crippen LogP contribution in [0.25, 0.3) is 0 Å². The second kappa shape index (κ2) is 6.11. The largest absolute Gasteiger partial charge is 0.478 e. The van der Waals surface area contributed by atoms with Crippen LogP contribution in [-0.2, 0) is 11.2 Å². The molecule has 22 heavy (non-hydrogen) atoms. The van der Waals surface area contributed by atoms with Crippen molar-refractivity contribution in [2.75, 3.05) is 6.54 Å². The molecule has 4 nitrogen and oxygen atoms in total. The minimum Gasteiger partial charge on any atom is -0.478 e. The number of carbonyl (C=O) groups excluding carboxylic acids is 1. The lowest BCUT2D eigenvalue weighted by molar-refractivity contribution is -0.137. The van der Waals surface area contributed by atoms with Crippen LogP contribution in [0.5, 0.6) is 0 Å². The fourth-order valence-electron chi connectivity index (χ4n) is 3.97. The van der Waals surface area contributed by atoms with Crippen molar-refractivity contribution in [1.29, 1.82) is 0 Å². The highest BCUT2D eigenvalue weighted by Gasteiger charge is 2.34. The highest BCUT2D eigenvalue weighted by molar-refractivity contribution is 5.88. The minimum absolute atomic E-state index is 0.0485. The van der Waals surface area contributed by atoms with Crippen LogP contribution >= 0.6 is 0 Å². The summed E-state index contributed by atoms with van der Waals surface area (Å²) in [5, 5.41) is 9.20. The quantitative estimate of drug-likeness (QED) is 0.927. The van der Waals surface area contributed by atoms with Crippen LogP contribution in [0.1, 0.15) is 66.6 Å². The summed E-state index contributed by atoms with van der Waals surface area (Å²) in [4.78, 5) is 26.0. The van der Waals surface area contributed by atoms with E-state index in [0.717, 1.165) is 44.1 Å². The molecule has 1 unspecified atom stereocenters. The van der Waals surface area contributed by atoms with Gasteiger partial charge in [-0.3, -0.25) is 4.79 Å². The SMILES string of the molecule is CCN(C(=O)C1CCCC1)C1CCc2ccc(C(=O)O)cc21. The van der Waals surface area contributed by atoms with Crippen LogP contribution in [0, 0.1) is 5.92 Å². The molecule has 2 aliphatic rings. The third-order valence-electron chi connectivity index (χ3n) is 5.14. The van der Waals surface area contributed by atoms with Crippen molar-refractivity contribution in [2.45, 2.75) is 51.5 Å². The molecule has 3 rings (SSSR count). The molecule has 0 aromatic heterocycles. The molecule has 2 aliphatic carbocycles. The summed E-state index contributed by atoms with van der Waals surface area (Å²) in [7, 11) is 0. The van der Waals surface area contributed by atoms with Gasteiger partial charge in [0, 0.05) is 12.5 Å². The second-order valence-electron chi connectivity index (χ2n) is 6.38. The fraction of sp³-hybridized carbons (Fsp3) is 0.556. The molecule has 1 N–H and O–H groups in total. The molecule has 1 saturated carbocycles. The third kappa shape index (κ3) is 2.62. The van der Waals surface area contributed by atoms with Gasteiger partial charge in [0.05, 0.1) is 11.6 Å². The van der Waals surface area contributed by atoms with Crippen LogP contribution in [0.4, 0.5) is 0 Å². The van der Waals surface area contributed by atoms with Gasteiger partial charge in [-0.2, -0.15) is 0 Å². The van der Waals surface area contributed by atoms with Crippen LogP contribution in [0.2, 0.25) is 0 Å². The Morgan fingerprint density at radius 3 is 2.59 bits per heavy atom. The number of carboxylic acid groups (broad SMARTS) is 1. The minimum atomic E-state index is -0.904. The Bertz CT molecular complexity index is 590. The van der Waals surface area contributed by atoms with Gasteiger partial charge in [0.2, 0.25) is 5.91 Å². The first-order chi connectivity index (χ1) is 10.6. The monoisotopic (exact) mass is 301 g/mol.